The summed E-state index contributed by atoms with van der Waals surface area (Å²) in [6.07, 6.45) is 1.89. The molecule has 128 valence electrons. The van der Waals surface area contributed by atoms with Crippen molar-refractivity contribution in [2.45, 2.75) is 31.7 Å². The monoisotopic (exact) mass is 346 g/mol. The topological polar surface area (TPSA) is 49.4 Å². The highest BCUT2D eigenvalue weighted by Gasteiger charge is 2.28. The minimum atomic E-state index is -0.883. The molecule has 1 aromatic rings. The molecule has 0 saturated carbocycles. The van der Waals surface area contributed by atoms with E-state index in [0.717, 1.165) is 31.5 Å². The van der Waals surface area contributed by atoms with Crippen LogP contribution in [0.15, 0.2) is 18.2 Å². The Kier molecular flexibility index (Phi) is 7.58. The van der Waals surface area contributed by atoms with Crippen LogP contribution in [0.2, 0.25) is 0 Å². The first kappa shape index (κ1) is 19.5. The fourth-order valence-electron chi connectivity index (χ4n) is 2.83. The average Bonchev–Trinajstić information content (AvgIpc) is 2.93. The number of hydrogen-bond donors (Lipinski definition) is 1. The number of Topliss-reactive ketones (excluding diaryl/α,β-unsaturated/α-hetero) is 1. The molecule has 7 heteroatoms. The van der Waals surface area contributed by atoms with Crippen LogP contribution in [0.3, 0.4) is 0 Å². The van der Waals surface area contributed by atoms with E-state index in [9.17, 15) is 18.4 Å². The molecule has 1 heterocycles. The Bertz CT molecular complexity index is 569. The molecular weight excluding hydrogens is 326 g/mol. The Labute approximate surface area is 140 Å². The summed E-state index contributed by atoms with van der Waals surface area (Å²) < 4.78 is 26.4. The van der Waals surface area contributed by atoms with E-state index >= 15 is 0 Å². The number of benzene rings is 1. The van der Waals surface area contributed by atoms with E-state index in [1.807, 2.05) is 7.05 Å². The van der Waals surface area contributed by atoms with E-state index in [-0.39, 0.29) is 42.8 Å². The molecule has 0 spiro atoms. The number of rotatable bonds is 6. The van der Waals surface area contributed by atoms with Gasteiger partial charge in [0.05, 0.1) is 5.56 Å². The summed E-state index contributed by atoms with van der Waals surface area (Å²) in [6, 6.07) is 3.01. The highest BCUT2D eigenvalue weighted by molar-refractivity contribution is 5.98. The third-order valence-corrected chi connectivity index (χ3v) is 3.93. The molecule has 1 atom stereocenters. The van der Waals surface area contributed by atoms with Crippen molar-refractivity contribution in [2.24, 2.45) is 0 Å². The van der Waals surface area contributed by atoms with Crippen LogP contribution in [-0.2, 0) is 4.79 Å². The van der Waals surface area contributed by atoms with Gasteiger partial charge in [-0.2, -0.15) is 0 Å². The minimum absolute atomic E-state index is 0. The largest absolute Gasteiger partial charge is 0.338 e. The van der Waals surface area contributed by atoms with Crippen LogP contribution in [-0.4, -0.2) is 42.8 Å². The van der Waals surface area contributed by atoms with Gasteiger partial charge in [0.2, 0.25) is 5.91 Å². The van der Waals surface area contributed by atoms with E-state index in [0.29, 0.717) is 12.6 Å². The number of ketones is 1. The van der Waals surface area contributed by atoms with E-state index in [2.05, 4.69) is 5.32 Å². The van der Waals surface area contributed by atoms with Gasteiger partial charge in [-0.15, -0.1) is 12.4 Å². The Balaban J connectivity index is 0.00000264. The van der Waals surface area contributed by atoms with Gasteiger partial charge in [0.1, 0.15) is 11.6 Å². The quantitative estimate of drug-likeness (QED) is 0.805. The van der Waals surface area contributed by atoms with Crippen molar-refractivity contribution in [1.29, 1.82) is 0 Å². The van der Waals surface area contributed by atoms with Crippen molar-refractivity contribution in [3.8, 4) is 0 Å². The Morgan fingerprint density at radius 1 is 1.30 bits per heavy atom. The number of halogens is 3. The molecule has 1 aromatic carbocycles. The predicted octanol–water partition coefficient (Wildman–Crippen LogP) is 2.56. The zero-order valence-electron chi connectivity index (χ0n) is 13.0. The zero-order valence-corrected chi connectivity index (χ0v) is 13.8. The van der Waals surface area contributed by atoms with Gasteiger partial charge < -0.3 is 10.2 Å². The highest BCUT2D eigenvalue weighted by Crippen LogP contribution is 2.19. The molecule has 0 aliphatic carbocycles. The third-order valence-electron chi connectivity index (χ3n) is 3.93. The van der Waals surface area contributed by atoms with Gasteiger partial charge in [0, 0.05) is 38.0 Å². The van der Waals surface area contributed by atoms with Crippen LogP contribution in [0.5, 0.6) is 0 Å². The summed E-state index contributed by atoms with van der Waals surface area (Å²) in [4.78, 5) is 25.9. The van der Waals surface area contributed by atoms with Crippen molar-refractivity contribution in [2.75, 3.05) is 20.1 Å². The molecule has 1 fully saturated rings. The lowest BCUT2D eigenvalue weighted by molar-refractivity contribution is -0.131. The highest BCUT2D eigenvalue weighted by atomic mass is 35.5. The number of carbonyl (C=O) groups is 2. The molecule has 1 saturated heterocycles. The number of hydrogen-bond acceptors (Lipinski definition) is 3. The molecule has 1 amide bonds. The maximum atomic E-state index is 13.5. The van der Waals surface area contributed by atoms with Crippen LogP contribution in [0.25, 0.3) is 0 Å². The van der Waals surface area contributed by atoms with Crippen LogP contribution in [0, 0.1) is 11.6 Å². The molecule has 0 radical (unpaired) electrons. The fraction of sp³-hybridized carbons (Fsp3) is 0.500. The second-order valence-corrected chi connectivity index (χ2v) is 5.49. The summed E-state index contributed by atoms with van der Waals surface area (Å²) in [5, 5.41) is 3.05. The van der Waals surface area contributed by atoms with Gasteiger partial charge in [-0.25, -0.2) is 8.78 Å². The van der Waals surface area contributed by atoms with Crippen molar-refractivity contribution in [1.82, 2.24) is 10.2 Å². The molecular formula is C16H21ClF2N2O2. The van der Waals surface area contributed by atoms with Gasteiger partial charge in [0.25, 0.3) is 0 Å². The SMILES string of the molecule is CNCC1CCCN1C(=O)CCC(=O)c1ccc(F)cc1F.Cl. The third kappa shape index (κ3) is 4.97. The molecule has 0 aromatic heterocycles. The molecule has 1 N–H and O–H groups in total. The first-order valence-electron chi connectivity index (χ1n) is 7.45. The maximum Gasteiger partial charge on any atom is 0.223 e. The lowest BCUT2D eigenvalue weighted by atomic mass is 10.1. The number of likely N-dealkylation sites (tertiary alicyclic amines) is 1. The Morgan fingerprint density at radius 2 is 2.04 bits per heavy atom. The Morgan fingerprint density at radius 3 is 2.70 bits per heavy atom. The predicted molar refractivity (Wildman–Crippen MR) is 85.8 cm³/mol. The molecule has 0 bridgehead atoms. The first-order valence-corrected chi connectivity index (χ1v) is 7.45. The van der Waals surface area contributed by atoms with Crippen molar-refractivity contribution < 1.29 is 18.4 Å². The normalized spacial score (nSPS) is 17.0. The van der Waals surface area contributed by atoms with Crippen molar-refractivity contribution >= 4 is 24.1 Å². The van der Waals surface area contributed by atoms with Gasteiger partial charge in [-0.3, -0.25) is 9.59 Å². The molecule has 1 unspecified atom stereocenters. The van der Waals surface area contributed by atoms with Crippen molar-refractivity contribution in [3.05, 3.63) is 35.4 Å². The summed E-state index contributed by atoms with van der Waals surface area (Å²) in [7, 11) is 1.84. The zero-order chi connectivity index (χ0) is 16.1. The van der Waals surface area contributed by atoms with Crippen LogP contribution in [0.4, 0.5) is 8.78 Å². The number of likely N-dealkylation sites (N-methyl/N-ethyl adjacent to an activating group) is 1. The van der Waals surface area contributed by atoms with E-state index in [1.165, 1.54) is 0 Å². The van der Waals surface area contributed by atoms with Crippen LogP contribution in [0.1, 0.15) is 36.0 Å². The minimum Gasteiger partial charge on any atom is -0.338 e. The number of carbonyl (C=O) groups excluding carboxylic acids is 2. The molecule has 1 aliphatic heterocycles. The molecule has 23 heavy (non-hydrogen) atoms. The van der Waals surface area contributed by atoms with E-state index in [4.69, 9.17) is 0 Å². The summed E-state index contributed by atoms with van der Waals surface area (Å²) in [6.45, 7) is 1.43. The lowest BCUT2D eigenvalue weighted by Gasteiger charge is -2.24. The summed E-state index contributed by atoms with van der Waals surface area (Å²) >= 11 is 0. The second kappa shape index (κ2) is 8.93. The van der Waals surface area contributed by atoms with Crippen LogP contribution < -0.4 is 5.32 Å². The smallest absolute Gasteiger partial charge is 0.223 e. The van der Waals surface area contributed by atoms with Gasteiger partial charge >= 0.3 is 0 Å². The molecule has 2 rings (SSSR count). The fourth-order valence-corrected chi connectivity index (χ4v) is 2.83. The summed E-state index contributed by atoms with van der Waals surface area (Å²) in [5.74, 6) is -2.17. The maximum absolute atomic E-state index is 13.5. The molecule has 1 aliphatic rings. The van der Waals surface area contributed by atoms with Gasteiger partial charge in [0.15, 0.2) is 5.78 Å². The van der Waals surface area contributed by atoms with E-state index < -0.39 is 17.4 Å². The van der Waals surface area contributed by atoms with Gasteiger partial charge in [-0.05, 0) is 32.0 Å². The first-order chi connectivity index (χ1) is 10.5. The standard InChI is InChI=1S/C16H20F2N2O2.ClH/c1-19-10-12-3-2-8-20(12)16(22)7-6-15(21)13-5-4-11(17)9-14(13)18;/h4-5,9,12,19H,2-3,6-8,10H2,1H3;1H. The second-order valence-electron chi connectivity index (χ2n) is 5.49. The number of nitrogens with one attached hydrogen (secondary N) is 1. The Hall–Kier alpha value is -1.53. The summed E-state index contributed by atoms with van der Waals surface area (Å²) in [5.41, 5.74) is -0.164. The average molecular weight is 347 g/mol. The van der Waals surface area contributed by atoms with Gasteiger partial charge in [-0.1, -0.05) is 0 Å². The molecule has 4 nitrogen and oxygen atoms in total. The number of nitrogens with zero attached hydrogens (tertiary/aromatic N) is 1. The van der Waals surface area contributed by atoms with Crippen molar-refractivity contribution in [3.63, 3.8) is 0 Å². The lowest BCUT2D eigenvalue weighted by Crippen LogP contribution is -2.40. The number of amides is 1. The van der Waals surface area contributed by atoms with Crippen LogP contribution >= 0.6 is 12.4 Å². The van der Waals surface area contributed by atoms with E-state index in [1.54, 1.807) is 4.90 Å².